The largest absolute Gasteiger partial charge is 0.406 e. The van der Waals surface area contributed by atoms with E-state index >= 15 is 0 Å². The Balaban J connectivity index is 0.000000149. The predicted octanol–water partition coefficient (Wildman–Crippen LogP) is 14.3. The average molecular weight is 1450 g/mol. The Morgan fingerprint density at radius 1 is 0.433 bits per heavy atom. The van der Waals surface area contributed by atoms with E-state index in [-0.39, 0.29) is 0 Å². The lowest BCUT2D eigenvalue weighted by Crippen LogP contribution is -2.61. The Kier molecular flexibility index (Phi) is 35.1. The van der Waals surface area contributed by atoms with Crippen molar-refractivity contribution in [1.82, 2.24) is 70.4 Å². The van der Waals surface area contributed by atoms with Crippen LogP contribution in [0, 0.1) is 39.9 Å². The fourth-order valence-corrected chi connectivity index (χ4v) is 20.3. The number of piperazine rings is 1. The molecule has 0 amide bonds. The second kappa shape index (κ2) is 41.6. The van der Waals surface area contributed by atoms with Gasteiger partial charge in [0.2, 0.25) is 0 Å². The summed E-state index contributed by atoms with van der Waals surface area (Å²) in [6, 6.07) is 16.7. The first-order valence-corrected chi connectivity index (χ1v) is 44.2. The van der Waals surface area contributed by atoms with Gasteiger partial charge in [-0.15, -0.1) is 5.06 Å². The lowest BCUT2D eigenvalue weighted by atomic mass is 9.63. The zero-order valence-electron chi connectivity index (χ0n) is 71.9. The summed E-state index contributed by atoms with van der Waals surface area (Å²) in [7, 11) is 2.03. The molecule has 1 aromatic rings. The quantitative estimate of drug-likeness (QED) is 0.133. The number of fused-ring (bicyclic) bond motifs is 1. The summed E-state index contributed by atoms with van der Waals surface area (Å²) >= 11 is 0. The molecule has 15 aliphatic rings. The van der Waals surface area contributed by atoms with Crippen molar-refractivity contribution < 1.29 is 4.84 Å². The van der Waals surface area contributed by atoms with Crippen molar-refractivity contribution in [2.45, 2.75) is 313 Å². The van der Waals surface area contributed by atoms with Gasteiger partial charge in [-0.2, -0.15) is 0 Å². The molecule has 0 aromatic heterocycles. The summed E-state index contributed by atoms with van der Waals surface area (Å²) in [5.41, 5.74) is 4.39. The number of likely N-dealkylation sites (tertiary alicyclic amines) is 8. The Morgan fingerprint density at radius 2 is 0.913 bits per heavy atom. The van der Waals surface area contributed by atoms with Crippen LogP contribution in [0.25, 0.3) is 5.76 Å². The zero-order valence-corrected chi connectivity index (χ0v) is 71.9. The van der Waals surface area contributed by atoms with E-state index in [2.05, 4.69) is 203 Å². The van der Waals surface area contributed by atoms with Crippen molar-refractivity contribution >= 4 is 5.76 Å². The van der Waals surface area contributed by atoms with Gasteiger partial charge in [0.25, 0.3) is 0 Å². The molecule has 15 heteroatoms. The second-order valence-electron chi connectivity index (χ2n) is 39.0. The fourth-order valence-electron chi connectivity index (χ4n) is 20.3. The van der Waals surface area contributed by atoms with Crippen LogP contribution in [0.4, 0.5) is 0 Å². The van der Waals surface area contributed by atoms with Gasteiger partial charge < -0.3 is 45.7 Å². The molecule has 16 rings (SSSR count). The third-order valence-corrected chi connectivity index (χ3v) is 28.0. The van der Waals surface area contributed by atoms with E-state index in [0.717, 1.165) is 115 Å². The van der Waals surface area contributed by atoms with E-state index in [4.69, 9.17) is 4.84 Å². The molecule has 12 aliphatic heterocycles. The van der Waals surface area contributed by atoms with Gasteiger partial charge in [0.1, 0.15) is 5.76 Å². The van der Waals surface area contributed by atoms with Crippen molar-refractivity contribution in [3.63, 3.8) is 0 Å². The predicted molar refractivity (Wildman–Crippen MR) is 447 cm³/mol. The summed E-state index contributed by atoms with van der Waals surface area (Å²) in [4.78, 5) is 29.0. The van der Waals surface area contributed by atoms with Gasteiger partial charge >= 0.3 is 0 Å². The van der Waals surface area contributed by atoms with Crippen LogP contribution < -0.4 is 21.3 Å². The molecule has 0 radical (unpaired) electrons. The number of benzene rings is 1. The van der Waals surface area contributed by atoms with Crippen LogP contribution in [-0.2, 0) is 4.84 Å². The van der Waals surface area contributed by atoms with Crippen molar-refractivity contribution in [2.75, 3.05) is 171 Å². The first-order chi connectivity index (χ1) is 49.5. The molecule has 104 heavy (non-hydrogen) atoms. The van der Waals surface area contributed by atoms with Crippen molar-refractivity contribution in [3.8, 4) is 0 Å². The molecule has 3 saturated carbocycles. The molecule has 4 N–H and O–H groups in total. The van der Waals surface area contributed by atoms with Crippen LogP contribution in [0.2, 0.25) is 0 Å². The Hall–Kier alpha value is -1.80. The first-order valence-electron chi connectivity index (χ1n) is 44.2. The Bertz CT molecular complexity index is 2440. The number of nitrogens with zero attached hydrogens (tertiary/aromatic N) is 10. The first kappa shape index (κ1) is 87.8. The molecule has 5 spiro atoms. The highest BCUT2D eigenvalue weighted by molar-refractivity contribution is 5.56. The molecule has 12 saturated heterocycles. The van der Waals surface area contributed by atoms with Gasteiger partial charge in [-0.05, 0) is 289 Å². The fraction of sp³-hybridized carbons (Fsp3) is 0.910. The third kappa shape index (κ3) is 25.6. The highest BCUT2D eigenvalue weighted by Crippen LogP contribution is 2.49. The zero-order chi connectivity index (χ0) is 75.4. The van der Waals surface area contributed by atoms with E-state index in [1.54, 1.807) is 0 Å². The lowest BCUT2D eigenvalue weighted by Gasteiger charge is -2.57. The van der Waals surface area contributed by atoms with Crippen molar-refractivity contribution in [2.24, 2.45) is 39.9 Å². The number of hydrogen-bond acceptors (Lipinski definition) is 15. The number of hydrogen-bond donors (Lipinski definition) is 4. The highest BCUT2D eigenvalue weighted by atomic mass is 16.7. The molecular weight excluding hydrogens is 1280 g/mol. The number of rotatable bonds is 14. The van der Waals surface area contributed by atoms with Gasteiger partial charge in [-0.1, -0.05) is 69.5 Å². The highest BCUT2D eigenvalue weighted by Gasteiger charge is 2.49. The second-order valence-corrected chi connectivity index (χ2v) is 39.0. The van der Waals surface area contributed by atoms with E-state index in [1.165, 1.54) is 253 Å². The normalized spacial score (nSPS) is 29.1. The topological polar surface area (TPSA) is 89.8 Å². The van der Waals surface area contributed by atoms with Crippen LogP contribution in [0.5, 0.6) is 0 Å². The maximum Gasteiger partial charge on any atom is 0.147 e. The summed E-state index contributed by atoms with van der Waals surface area (Å²) in [5.74, 6) is 4.73. The van der Waals surface area contributed by atoms with Crippen LogP contribution >= 0.6 is 0 Å². The van der Waals surface area contributed by atoms with Gasteiger partial charge in [-0.25, -0.2) is 0 Å². The molecule has 3 aliphatic carbocycles. The van der Waals surface area contributed by atoms with Gasteiger partial charge in [0.15, 0.2) is 0 Å². The Labute approximate surface area is 643 Å². The lowest BCUT2D eigenvalue weighted by molar-refractivity contribution is -0.116. The van der Waals surface area contributed by atoms with Crippen LogP contribution in [0.15, 0.2) is 36.9 Å². The molecule has 0 bridgehead atoms. The van der Waals surface area contributed by atoms with Crippen molar-refractivity contribution in [3.05, 3.63) is 42.5 Å². The minimum Gasteiger partial charge on any atom is -0.406 e. The SMILES string of the molecule is C=C(ON1CCN(C(C)C)CC1)c1ccccc1.CC(C)N1CC2(CCC2)C1.CC(C)N1CC2(CCNC2)C1.CC(C)N1CC2CCCC2C1.CC(C)N1CCC2(CCCN2)C1.CC(C)N1CCC2(CCNC2)C1.CC(C)N1CCCC12CCCC2.CC1CN(C(C)C)C1.CNCC1CN(C(C)C)C1. The van der Waals surface area contributed by atoms with E-state index in [0.29, 0.717) is 27.9 Å². The van der Waals surface area contributed by atoms with Gasteiger partial charge in [-0.3, -0.25) is 24.5 Å². The van der Waals surface area contributed by atoms with E-state index < -0.39 is 0 Å². The molecule has 1 aromatic carbocycles. The molecule has 12 heterocycles. The maximum atomic E-state index is 5.82. The molecule has 602 valence electrons. The molecule has 15 fully saturated rings. The van der Waals surface area contributed by atoms with Crippen molar-refractivity contribution in [1.29, 1.82) is 0 Å². The maximum absolute atomic E-state index is 5.82. The molecule has 4 unspecified atom stereocenters. The third-order valence-electron chi connectivity index (χ3n) is 28.0. The smallest absolute Gasteiger partial charge is 0.147 e. The van der Waals surface area contributed by atoms with Gasteiger partial charge in [0, 0.05) is 207 Å². The number of hydroxylamine groups is 2. The summed E-state index contributed by atoms with van der Waals surface area (Å²) in [6.45, 7) is 79.0. The van der Waals surface area contributed by atoms with Crippen LogP contribution in [-0.4, -0.2) is 285 Å². The number of nitrogens with one attached hydrogen (secondary N) is 4. The van der Waals surface area contributed by atoms with Gasteiger partial charge in [0.05, 0.1) is 0 Å². The van der Waals surface area contributed by atoms with Crippen LogP contribution in [0.1, 0.15) is 253 Å². The summed E-state index contributed by atoms with van der Waals surface area (Å²) < 4.78 is 0. The summed E-state index contributed by atoms with van der Waals surface area (Å²) in [5, 5.41) is 15.8. The van der Waals surface area contributed by atoms with Crippen LogP contribution in [0.3, 0.4) is 0 Å². The minimum absolute atomic E-state index is 0.518. The van der Waals surface area contributed by atoms with E-state index in [9.17, 15) is 0 Å². The molecule has 15 nitrogen and oxygen atoms in total. The Morgan fingerprint density at radius 3 is 1.35 bits per heavy atom. The monoisotopic (exact) mass is 1450 g/mol. The summed E-state index contributed by atoms with van der Waals surface area (Å²) in [6.07, 6.45) is 26.2. The van der Waals surface area contributed by atoms with E-state index in [1.807, 2.05) is 42.4 Å². The molecule has 4 atom stereocenters. The standard InChI is InChI=1S/C15H22N2O.C11H21N.2C10H20N2.C10H19N.C9H18N2.C9H17N.C8H18N2.C7H15N/c1-13(2)16-9-11-17(12-10-16)18-14(3)15-7-5-4-6-8-15;1-10(2)12-9-5-8-11(12)6-3-4-7-11;1-9(2)12-6-4-10(8-12)3-5-11-7-10;1-9(2)12-7-5-10(8-12)4-3-6-11-10;1-8(2)11-6-9-4-3-5-10(9)7-11;1-8(2)11-6-9(7-11)3-4-10-5-9;1-8(2)10-6-9(7-10)4-3-5-9;1-7(2)10-5-8(6-10)4-9-3;1-6(2)8-4-7(3)5-8/h4-8,13H,3,9-12H2,1-2H3;10H,3-9H2,1-2H3;2*9,11H,3-8H2,1-2H3;8-10H,3-7H2,1-2H3;8,10H,3-7H2,1-2H3;8H,3-7H2,1-2H3;7-9H,4-6H2,1-3H3;6-7H,4-5H2,1-3H3. The molecular formula is C89H170N14O. The average Bonchev–Trinajstić information content (AvgIpc) is 0.960. The minimum atomic E-state index is 0.518.